The van der Waals surface area contributed by atoms with Crippen molar-refractivity contribution in [1.29, 1.82) is 0 Å². The number of nitrogens with one attached hydrogen (secondary N) is 5. The molecule has 0 spiro atoms. The minimum atomic E-state index is -1.69. The van der Waals surface area contributed by atoms with E-state index >= 15 is 0 Å². The Labute approximate surface area is 235 Å². The molecule has 220 valence electrons. The highest BCUT2D eigenvalue weighted by molar-refractivity contribution is 5.95. The number of hydrogen-bond donors (Lipinski definition) is 8. The van der Waals surface area contributed by atoms with Gasteiger partial charge in [-0.05, 0) is 24.0 Å². The van der Waals surface area contributed by atoms with E-state index in [2.05, 4.69) is 30.9 Å². The molecule has 0 saturated heterocycles. The summed E-state index contributed by atoms with van der Waals surface area (Å²) < 4.78 is 0. The number of rotatable bonds is 15. The lowest BCUT2D eigenvalue weighted by atomic mass is 10.00. The molecule has 41 heavy (non-hydrogen) atoms. The standard InChI is InChI=1S/C27H35N7O7/c1-14(2)7-20(25(38)34-22(27(40)41)10-23(35)36)33-26(39)21(8-15-11-30-19-6-4-3-5-17(15)19)32-24(37)18(28)9-16-12-29-13-31-16/h3-6,11-14,18,20-22,30H,7-10,28H2,1-2H3,(H,29,31)(H,32,37)(H,33,39)(H,34,38)(H,35,36)(H,40,41). The van der Waals surface area contributed by atoms with Crippen molar-refractivity contribution in [2.75, 3.05) is 0 Å². The maximum Gasteiger partial charge on any atom is 0.326 e. The zero-order valence-corrected chi connectivity index (χ0v) is 22.7. The van der Waals surface area contributed by atoms with E-state index in [-0.39, 0.29) is 25.2 Å². The molecule has 0 aliphatic carbocycles. The zero-order valence-electron chi connectivity index (χ0n) is 22.7. The Hall–Kier alpha value is -4.72. The van der Waals surface area contributed by atoms with E-state index in [1.807, 2.05) is 24.3 Å². The van der Waals surface area contributed by atoms with Crippen LogP contribution in [0.5, 0.6) is 0 Å². The van der Waals surface area contributed by atoms with Gasteiger partial charge in [0.2, 0.25) is 17.7 Å². The smallest absolute Gasteiger partial charge is 0.326 e. The number of benzene rings is 1. The molecule has 0 aliphatic heterocycles. The number of aromatic amines is 2. The quantitative estimate of drug-likeness (QED) is 0.123. The summed E-state index contributed by atoms with van der Waals surface area (Å²) >= 11 is 0. The molecule has 14 heteroatoms. The number of aliphatic carboxylic acids is 2. The van der Waals surface area contributed by atoms with Crippen LogP contribution >= 0.6 is 0 Å². The lowest BCUT2D eigenvalue weighted by Gasteiger charge is -2.26. The van der Waals surface area contributed by atoms with Crippen molar-refractivity contribution in [3.63, 3.8) is 0 Å². The number of fused-ring (bicyclic) bond motifs is 1. The molecule has 0 bridgehead atoms. The van der Waals surface area contributed by atoms with Gasteiger partial charge in [-0.25, -0.2) is 9.78 Å². The molecule has 3 aromatic rings. The van der Waals surface area contributed by atoms with Crippen molar-refractivity contribution < 1.29 is 34.2 Å². The lowest BCUT2D eigenvalue weighted by Crippen LogP contribution is -2.58. The molecule has 4 atom stereocenters. The minimum absolute atomic E-state index is 0.0607. The number of aromatic nitrogens is 3. The van der Waals surface area contributed by atoms with E-state index in [0.717, 1.165) is 16.5 Å². The van der Waals surface area contributed by atoms with Crippen molar-refractivity contribution >= 4 is 40.6 Å². The Balaban J connectivity index is 1.83. The Bertz CT molecular complexity index is 1370. The molecule has 0 saturated carbocycles. The van der Waals surface area contributed by atoms with Crippen molar-refractivity contribution in [2.45, 2.75) is 63.7 Å². The van der Waals surface area contributed by atoms with Crippen LogP contribution in [0, 0.1) is 5.92 Å². The summed E-state index contributed by atoms with van der Waals surface area (Å²) in [6, 6.07) is 2.40. The van der Waals surface area contributed by atoms with Gasteiger partial charge in [-0.3, -0.25) is 19.2 Å². The largest absolute Gasteiger partial charge is 0.481 e. The summed E-state index contributed by atoms with van der Waals surface area (Å²) in [4.78, 5) is 72.1. The number of hydrogen-bond acceptors (Lipinski definition) is 7. The van der Waals surface area contributed by atoms with Gasteiger partial charge < -0.3 is 41.9 Å². The van der Waals surface area contributed by atoms with Crippen LogP contribution in [0.4, 0.5) is 0 Å². The Morgan fingerprint density at radius 3 is 2.20 bits per heavy atom. The molecule has 3 rings (SSSR count). The van der Waals surface area contributed by atoms with Crippen molar-refractivity contribution in [1.82, 2.24) is 30.9 Å². The number of amides is 3. The number of para-hydroxylation sites is 1. The molecule has 0 fully saturated rings. The van der Waals surface area contributed by atoms with Gasteiger partial charge in [0.15, 0.2) is 0 Å². The van der Waals surface area contributed by atoms with Gasteiger partial charge in [0.25, 0.3) is 0 Å². The lowest BCUT2D eigenvalue weighted by molar-refractivity contribution is -0.147. The van der Waals surface area contributed by atoms with Gasteiger partial charge in [-0.2, -0.15) is 0 Å². The number of H-pyrrole nitrogens is 2. The molecule has 4 unspecified atom stereocenters. The fourth-order valence-corrected chi connectivity index (χ4v) is 4.36. The molecule has 0 aliphatic rings. The monoisotopic (exact) mass is 569 g/mol. The van der Waals surface area contributed by atoms with Crippen LogP contribution in [0.3, 0.4) is 0 Å². The first-order chi connectivity index (χ1) is 19.4. The molecule has 3 amide bonds. The number of carbonyl (C=O) groups is 5. The van der Waals surface area contributed by atoms with Gasteiger partial charge in [0.1, 0.15) is 18.1 Å². The van der Waals surface area contributed by atoms with E-state index in [1.165, 1.54) is 12.5 Å². The van der Waals surface area contributed by atoms with Crippen LogP contribution in [0.2, 0.25) is 0 Å². The van der Waals surface area contributed by atoms with Crippen LogP contribution in [-0.2, 0) is 36.8 Å². The molecule has 2 heterocycles. The molecule has 9 N–H and O–H groups in total. The summed E-state index contributed by atoms with van der Waals surface area (Å²) in [5.74, 6) is -5.17. The van der Waals surface area contributed by atoms with Gasteiger partial charge in [0, 0.05) is 41.8 Å². The van der Waals surface area contributed by atoms with Crippen LogP contribution in [0.1, 0.15) is 37.9 Å². The third kappa shape index (κ3) is 8.89. The summed E-state index contributed by atoms with van der Waals surface area (Å²) in [7, 11) is 0. The van der Waals surface area contributed by atoms with E-state index in [9.17, 15) is 29.1 Å². The van der Waals surface area contributed by atoms with Crippen LogP contribution in [-0.4, -0.2) is 79.0 Å². The fraction of sp³-hybridized carbons (Fsp3) is 0.407. The summed E-state index contributed by atoms with van der Waals surface area (Å²) in [5.41, 5.74) is 8.30. The van der Waals surface area contributed by atoms with Crippen molar-refractivity contribution in [2.24, 2.45) is 11.7 Å². The number of carbonyl (C=O) groups excluding carboxylic acids is 3. The minimum Gasteiger partial charge on any atom is -0.481 e. The second kappa shape index (κ2) is 14.1. The van der Waals surface area contributed by atoms with Gasteiger partial charge >= 0.3 is 11.9 Å². The topological polar surface area (TPSA) is 232 Å². The number of nitrogens with two attached hydrogens (primary N) is 1. The van der Waals surface area contributed by atoms with Crippen LogP contribution in [0.15, 0.2) is 43.0 Å². The maximum atomic E-state index is 13.6. The normalized spacial score (nSPS) is 14.1. The predicted octanol–water partition coefficient (Wildman–Crippen LogP) is 0.0633. The predicted molar refractivity (Wildman–Crippen MR) is 147 cm³/mol. The average molecular weight is 570 g/mol. The number of carboxylic acid groups (broad SMARTS) is 2. The van der Waals surface area contributed by atoms with E-state index in [4.69, 9.17) is 10.8 Å². The summed E-state index contributed by atoms with van der Waals surface area (Å²) in [6.45, 7) is 3.61. The highest BCUT2D eigenvalue weighted by Crippen LogP contribution is 2.19. The molecule has 1 aromatic carbocycles. The number of carboxylic acids is 2. The molecular weight excluding hydrogens is 534 g/mol. The van der Waals surface area contributed by atoms with Gasteiger partial charge in [0.05, 0.1) is 18.8 Å². The van der Waals surface area contributed by atoms with Gasteiger partial charge in [-0.1, -0.05) is 32.0 Å². The summed E-state index contributed by atoms with van der Waals surface area (Å²) in [6.07, 6.45) is 4.22. The number of imidazole rings is 1. The SMILES string of the molecule is CC(C)CC(NC(=O)C(Cc1c[nH]c2ccccc12)NC(=O)C(N)Cc1cnc[nH]1)C(=O)NC(CC(=O)O)C(=O)O. The highest BCUT2D eigenvalue weighted by atomic mass is 16.4. The molecule has 2 aromatic heterocycles. The van der Waals surface area contributed by atoms with E-state index in [0.29, 0.717) is 5.69 Å². The van der Waals surface area contributed by atoms with Crippen LogP contribution < -0.4 is 21.7 Å². The zero-order chi connectivity index (χ0) is 30.1. The highest BCUT2D eigenvalue weighted by Gasteiger charge is 2.32. The molecule has 0 radical (unpaired) electrons. The maximum absolute atomic E-state index is 13.6. The van der Waals surface area contributed by atoms with Crippen LogP contribution in [0.25, 0.3) is 10.9 Å². The summed E-state index contributed by atoms with van der Waals surface area (Å²) in [5, 5.41) is 26.7. The van der Waals surface area contributed by atoms with Gasteiger partial charge in [-0.15, -0.1) is 0 Å². The second-order valence-electron chi connectivity index (χ2n) is 10.2. The number of nitrogens with zero attached hydrogens (tertiary/aromatic N) is 1. The van der Waals surface area contributed by atoms with E-state index < -0.39 is 60.2 Å². The fourth-order valence-electron chi connectivity index (χ4n) is 4.36. The van der Waals surface area contributed by atoms with E-state index in [1.54, 1.807) is 20.0 Å². The second-order valence-corrected chi connectivity index (χ2v) is 10.2. The first kappa shape index (κ1) is 30.8. The Morgan fingerprint density at radius 2 is 1.56 bits per heavy atom. The molecular formula is C27H35N7O7. The first-order valence-electron chi connectivity index (χ1n) is 13.1. The van der Waals surface area contributed by atoms with Crippen molar-refractivity contribution in [3.05, 3.63) is 54.2 Å². The first-order valence-corrected chi connectivity index (χ1v) is 13.1. The Morgan fingerprint density at radius 1 is 0.902 bits per heavy atom. The Kier molecular flexibility index (Phi) is 10.6. The average Bonchev–Trinajstić information content (AvgIpc) is 3.56. The third-order valence-electron chi connectivity index (χ3n) is 6.40. The molecule has 14 nitrogen and oxygen atoms in total. The van der Waals surface area contributed by atoms with Crippen molar-refractivity contribution in [3.8, 4) is 0 Å². The third-order valence-corrected chi connectivity index (χ3v) is 6.40.